The van der Waals surface area contributed by atoms with Crippen LogP contribution in [0.4, 0.5) is 4.79 Å². The van der Waals surface area contributed by atoms with E-state index in [2.05, 4.69) is 4.98 Å². The monoisotopic (exact) mass is 390 g/mol. The van der Waals surface area contributed by atoms with Gasteiger partial charge in [-0.3, -0.25) is 19.3 Å². The van der Waals surface area contributed by atoms with Crippen molar-refractivity contribution in [2.24, 2.45) is 0 Å². The van der Waals surface area contributed by atoms with Crippen LogP contribution in [0, 0.1) is 0 Å². The molecule has 1 fully saturated rings. The van der Waals surface area contributed by atoms with E-state index in [0.717, 1.165) is 20.1 Å². The smallest absolute Gasteiger partial charge is 0.327 e. The Kier molecular flexibility index (Phi) is 5.36. The normalized spacial score (nSPS) is 14.1. The highest BCUT2D eigenvalue weighted by molar-refractivity contribution is 7.18. The van der Waals surface area contributed by atoms with Crippen LogP contribution in [0.1, 0.15) is 5.01 Å². The average Bonchev–Trinajstić information content (AvgIpc) is 3.14. The number of thiazole rings is 1. The predicted molar refractivity (Wildman–Crippen MR) is 96.8 cm³/mol. The fraction of sp³-hybridized carbons (Fsp3) is 0.353. The van der Waals surface area contributed by atoms with Crippen LogP contribution in [0.2, 0.25) is 0 Å². The number of urea groups is 1. The van der Waals surface area contributed by atoms with Crippen LogP contribution in [0.25, 0.3) is 10.2 Å². The highest BCUT2D eigenvalue weighted by Gasteiger charge is 2.35. The van der Waals surface area contributed by atoms with E-state index in [9.17, 15) is 19.2 Å². The van der Waals surface area contributed by atoms with Crippen LogP contribution in [0.5, 0.6) is 0 Å². The fourth-order valence-corrected chi connectivity index (χ4v) is 3.55. The molecule has 2 aromatic rings. The van der Waals surface area contributed by atoms with Crippen molar-refractivity contribution >= 4 is 45.4 Å². The van der Waals surface area contributed by atoms with Crippen molar-refractivity contribution in [2.75, 3.05) is 33.8 Å². The number of rotatable bonds is 6. The molecule has 0 spiro atoms. The van der Waals surface area contributed by atoms with Crippen LogP contribution < -0.4 is 0 Å². The van der Waals surface area contributed by atoms with Gasteiger partial charge < -0.3 is 14.5 Å². The SMILES string of the molecule is CN(Cc1nc2ccccc2s1)C(=O)COC(=O)CN1C(=O)CN(C)C1=O. The quantitative estimate of drug-likeness (QED) is 0.532. The highest BCUT2D eigenvalue weighted by Crippen LogP contribution is 2.22. The minimum atomic E-state index is -0.811. The van der Waals surface area contributed by atoms with Crippen LogP contribution >= 0.6 is 11.3 Å². The number of hydrogen-bond acceptors (Lipinski definition) is 7. The van der Waals surface area contributed by atoms with E-state index in [-0.39, 0.29) is 6.54 Å². The maximum atomic E-state index is 12.2. The van der Waals surface area contributed by atoms with Crippen molar-refractivity contribution < 1.29 is 23.9 Å². The molecule has 142 valence electrons. The molecule has 0 N–H and O–H groups in total. The number of para-hydroxylation sites is 1. The number of aromatic nitrogens is 1. The molecular formula is C17H18N4O5S. The van der Waals surface area contributed by atoms with E-state index in [1.807, 2.05) is 24.3 Å². The van der Waals surface area contributed by atoms with Gasteiger partial charge in [0.1, 0.15) is 18.1 Å². The molecule has 0 atom stereocenters. The van der Waals surface area contributed by atoms with Crippen molar-refractivity contribution in [3.05, 3.63) is 29.3 Å². The third-order valence-electron chi connectivity index (χ3n) is 4.01. The van der Waals surface area contributed by atoms with Gasteiger partial charge in [0.25, 0.3) is 11.8 Å². The van der Waals surface area contributed by atoms with Crippen molar-refractivity contribution in [3.8, 4) is 0 Å². The van der Waals surface area contributed by atoms with Gasteiger partial charge in [-0.15, -0.1) is 11.3 Å². The summed E-state index contributed by atoms with van der Waals surface area (Å²) in [7, 11) is 3.05. The Morgan fingerprint density at radius 3 is 2.70 bits per heavy atom. The summed E-state index contributed by atoms with van der Waals surface area (Å²) in [6, 6.07) is 7.12. The maximum absolute atomic E-state index is 12.2. The Hall–Kier alpha value is -3.01. The van der Waals surface area contributed by atoms with E-state index in [1.54, 1.807) is 7.05 Å². The first-order valence-electron chi connectivity index (χ1n) is 8.14. The molecule has 0 saturated carbocycles. The first-order chi connectivity index (χ1) is 12.8. The van der Waals surface area contributed by atoms with Crippen molar-refractivity contribution in [1.82, 2.24) is 19.7 Å². The molecule has 9 nitrogen and oxygen atoms in total. The summed E-state index contributed by atoms with van der Waals surface area (Å²) in [4.78, 5) is 55.2. The molecular weight excluding hydrogens is 372 g/mol. The zero-order valence-electron chi connectivity index (χ0n) is 14.9. The fourth-order valence-electron chi connectivity index (χ4n) is 2.53. The number of esters is 1. The first-order valence-corrected chi connectivity index (χ1v) is 8.96. The Balaban J connectivity index is 1.48. The summed E-state index contributed by atoms with van der Waals surface area (Å²) in [5.41, 5.74) is 0.870. The lowest BCUT2D eigenvalue weighted by atomic mass is 10.3. The van der Waals surface area contributed by atoms with Crippen molar-refractivity contribution in [1.29, 1.82) is 0 Å². The number of carbonyl (C=O) groups is 4. The maximum Gasteiger partial charge on any atom is 0.327 e. The summed E-state index contributed by atoms with van der Waals surface area (Å²) in [6.45, 7) is -0.747. The van der Waals surface area contributed by atoms with Crippen LogP contribution in [-0.4, -0.2) is 77.3 Å². The van der Waals surface area contributed by atoms with Gasteiger partial charge in [-0.05, 0) is 12.1 Å². The Morgan fingerprint density at radius 2 is 2.04 bits per heavy atom. The van der Waals surface area contributed by atoms with E-state index in [0.29, 0.717) is 6.54 Å². The second kappa shape index (κ2) is 7.70. The molecule has 3 rings (SSSR count). The standard InChI is InChI=1S/C17H18N4O5S/c1-19(7-13-18-11-5-3-4-6-12(11)27-13)15(23)10-26-16(24)9-21-14(22)8-20(2)17(21)25/h3-6H,7-10H2,1-2H3. The minimum absolute atomic E-state index is 0.0735. The highest BCUT2D eigenvalue weighted by atomic mass is 32.1. The van der Waals surface area contributed by atoms with Crippen molar-refractivity contribution in [2.45, 2.75) is 6.54 Å². The third kappa shape index (κ3) is 4.22. The summed E-state index contributed by atoms with van der Waals surface area (Å²) in [5, 5.41) is 0.773. The van der Waals surface area contributed by atoms with Gasteiger partial charge in [0.15, 0.2) is 6.61 Å². The van der Waals surface area contributed by atoms with Crippen LogP contribution in [0.15, 0.2) is 24.3 Å². The topological polar surface area (TPSA) is 100 Å². The lowest BCUT2D eigenvalue weighted by molar-refractivity contribution is -0.153. The van der Waals surface area contributed by atoms with Gasteiger partial charge in [-0.2, -0.15) is 0 Å². The number of imide groups is 1. The van der Waals surface area contributed by atoms with Gasteiger partial charge in [0, 0.05) is 14.1 Å². The van der Waals surface area contributed by atoms with Gasteiger partial charge in [-0.25, -0.2) is 9.78 Å². The van der Waals surface area contributed by atoms with Crippen LogP contribution in [0.3, 0.4) is 0 Å². The molecule has 0 radical (unpaired) electrons. The summed E-state index contributed by atoms with van der Waals surface area (Å²) < 4.78 is 5.94. The lowest BCUT2D eigenvalue weighted by Gasteiger charge is -2.16. The molecule has 1 aromatic carbocycles. The van der Waals surface area contributed by atoms with E-state index < -0.39 is 37.0 Å². The van der Waals surface area contributed by atoms with E-state index in [4.69, 9.17) is 4.74 Å². The van der Waals surface area contributed by atoms with Crippen LogP contribution in [-0.2, 0) is 25.7 Å². The van der Waals surface area contributed by atoms with Gasteiger partial charge in [-0.1, -0.05) is 12.1 Å². The largest absolute Gasteiger partial charge is 0.454 e. The minimum Gasteiger partial charge on any atom is -0.454 e. The predicted octanol–water partition coefficient (Wildman–Crippen LogP) is 0.692. The number of nitrogens with zero attached hydrogens (tertiary/aromatic N) is 4. The molecule has 2 heterocycles. The molecule has 1 aliphatic heterocycles. The van der Waals surface area contributed by atoms with E-state index in [1.165, 1.54) is 28.2 Å². The number of likely N-dealkylation sites (N-methyl/N-ethyl adjacent to an activating group) is 2. The molecule has 1 saturated heterocycles. The summed E-state index contributed by atoms with van der Waals surface area (Å²) >= 11 is 1.49. The zero-order chi connectivity index (χ0) is 19.6. The number of fused-ring (bicyclic) bond motifs is 1. The molecule has 0 aliphatic carbocycles. The molecule has 27 heavy (non-hydrogen) atoms. The van der Waals surface area contributed by atoms with Gasteiger partial charge in [0.2, 0.25) is 0 Å². The molecule has 0 bridgehead atoms. The summed E-state index contributed by atoms with van der Waals surface area (Å²) in [6.07, 6.45) is 0. The number of carbonyl (C=O) groups excluding carboxylic acids is 4. The third-order valence-corrected chi connectivity index (χ3v) is 5.03. The average molecular weight is 390 g/mol. The lowest BCUT2D eigenvalue weighted by Crippen LogP contribution is -2.38. The number of hydrogen-bond donors (Lipinski definition) is 0. The summed E-state index contributed by atoms with van der Waals surface area (Å²) in [5.74, 6) is -1.69. The number of ether oxygens (including phenoxy) is 1. The van der Waals surface area contributed by atoms with Crippen molar-refractivity contribution in [3.63, 3.8) is 0 Å². The van der Waals surface area contributed by atoms with E-state index >= 15 is 0 Å². The first kappa shape index (κ1) is 18.8. The number of benzene rings is 1. The number of amides is 4. The molecule has 0 unspecified atom stereocenters. The van der Waals surface area contributed by atoms with Gasteiger partial charge >= 0.3 is 12.0 Å². The molecule has 1 aromatic heterocycles. The Labute approximate surface area is 159 Å². The molecule has 1 aliphatic rings. The Bertz CT molecular complexity index is 879. The van der Waals surface area contributed by atoms with Gasteiger partial charge in [0.05, 0.1) is 16.8 Å². The molecule has 4 amide bonds. The second-order valence-corrected chi connectivity index (χ2v) is 7.22. The zero-order valence-corrected chi connectivity index (χ0v) is 15.7. The second-order valence-electron chi connectivity index (χ2n) is 6.10. The Morgan fingerprint density at radius 1 is 1.30 bits per heavy atom. The molecule has 10 heteroatoms.